The molecule has 11 heavy (non-hydrogen) atoms. The molecule has 0 aliphatic rings. The molecule has 0 spiro atoms. The minimum absolute atomic E-state index is 0.474. The summed E-state index contributed by atoms with van der Waals surface area (Å²) in [6.07, 6.45) is 0. The number of nitrogens with two attached hydrogens (primary N) is 1. The van der Waals surface area contributed by atoms with Gasteiger partial charge in [0, 0.05) is 6.07 Å². The van der Waals surface area contributed by atoms with Crippen molar-refractivity contribution in [2.45, 2.75) is 6.54 Å². The van der Waals surface area contributed by atoms with E-state index in [0.717, 1.165) is 11.5 Å². The Labute approximate surface area is 66.2 Å². The monoisotopic (exact) mass is 150 g/mol. The number of nitrogens with zero attached hydrogens (tertiary/aromatic N) is 2. The van der Waals surface area contributed by atoms with Gasteiger partial charge in [-0.3, -0.25) is 0 Å². The quantitative estimate of drug-likeness (QED) is 0.493. The molecule has 2 N–H and O–H groups in total. The number of hydrogen-bond acceptors (Lipinski definition) is 2. The Bertz CT molecular complexity index is 268. The van der Waals surface area contributed by atoms with Crippen LogP contribution in [0.4, 0.5) is 5.82 Å². The van der Waals surface area contributed by atoms with Crippen molar-refractivity contribution in [1.82, 2.24) is 4.98 Å². The fourth-order valence-electron chi connectivity index (χ4n) is 0.793. The summed E-state index contributed by atoms with van der Waals surface area (Å²) < 4.78 is 1.71. The summed E-state index contributed by atoms with van der Waals surface area (Å²) in [6, 6.07) is 5.71. The first-order valence-electron chi connectivity index (χ1n) is 3.44. The van der Waals surface area contributed by atoms with Crippen LogP contribution in [0.25, 0.3) is 0 Å². The molecule has 0 amide bonds. The molecule has 0 aromatic carbocycles. The van der Waals surface area contributed by atoms with E-state index in [9.17, 15) is 0 Å². The van der Waals surface area contributed by atoms with Crippen LogP contribution in [0.5, 0.6) is 0 Å². The lowest BCUT2D eigenvalue weighted by molar-refractivity contribution is -0.399. The minimum atomic E-state index is 0.474. The Kier molecular flexibility index (Phi) is 2.33. The van der Waals surface area contributed by atoms with E-state index < -0.39 is 0 Å². The van der Waals surface area contributed by atoms with Crippen molar-refractivity contribution in [3.63, 3.8) is 0 Å². The molecule has 1 aromatic heterocycles. The van der Waals surface area contributed by atoms with Crippen molar-refractivity contribution in [2.75, 3.05) is 7.05 Å². The zero-order valence-corrected chi connectivity index (χ0v) is 6.62. The predicted octanol–water partition coefficient (Wildman–Crippen LogP) is 0.515. The molecule has 58 valence electrons. The van der Waals surface area contributed by atoms with Crippen molar-refractivity contribution in [3.05, 3.63) is 23.9 Å². The Morgan fingerprint density at radius 3 is 2.91 bits per heavy atom. The third-order valence-electron chi connectivity index (χ3n) is 1.39. The molecular formula is C8H12N3+. The van der Waals surface area contributed by atoms with Crippen molar-refractivity contribution in [3.8, 4) is 0 Å². The number of rotatable bonds is 2. The highest BCUT2D eigenvalue weighted by molar-refractivity contribution is 5.27. The van der Waals surface area contributed by atoms with Gasteiger partial charge in [-0.05, 0) is 17.1 Å². The lowest BCUT2D eigenvalue weighted by Gasteiger charge is -1.92. The van der Waals surface area contributed by atoms with Gasteiger partial charge in [-0.15, -0.1) is 0 Å². The molecule has 0 saturated heterocycles. The van der Waals surface area contributed by atoms with Crippen LogP contribution in [-0.2, 0) is 6.54 Å². The van der Waals surface area contributed by atoms with Gasteiger partial charge >= 0.3 is 5.82 Å². The highest BCUT2D eigenvalue weighted by Gasteiger charge is 2.04. The van der Waals surface area contributed by atoms with Crippen LogP contribution in [0.3, 0.4) is 0 Å². The summed E-state index contributed by atoms with van der Waals surface area (Å²) in [5.74, 6) is 0.841. The molecule has 0 unspecified atom stereocenters. The lowest BCUT2D eigenvalue weighted by Crippen LogP contribution is -2.02. The second kappa shape index (κ2) is 3.25. The summed E-state index contributed by atoms with van der Waals surface area (Å²) in [5.41, 5.74) is 6.30. The Balaban J connectivity index is 3.01. The molecule has 1 heterocycles. The number of aromatic nitrogens is 1. The second-order valence-electron chi connectivity index (χ2n) is 2.39. The van der Waals surface area contributed by atoms with Crippen LogP contribution in [0, 0.1) is 0 Å². The van der Waals surface area contributed by atoms with Gasteiger partial charge in [-0.2, -0.15) is 0 Å². The number of pyridine rings is 1. The summed E-state index contributed by atoms with van der Waals surface area (Å²) >= 11 is 0. The lowest BCUT2D eigenvalue weighted by atomic mass is 10.3. The van der Waals surface area contributed by atoms with Crippen LogP contribution in [0.2, 0.25) is 0 Å². The fraction of sp³-hybridized carbons (Fsp3) is 0.250. The molecule has 0 aliphatic heterocycles. The first kappa shape index (κ1) is 7.88. The van der Waals surface area contributed by atoms with Crippen molar-refractivity contribution in [1.29, 1.82) is 0 Å². The molecular weight excluding hydrogens is 138 g/mol. The van der Waals surface area contributed by atoms with E-state index in [4.69, 9.17) is 5.73 Å². The van der Waals surface area contributed by atoms with Crippen LogP contribution >= 0.6 is 0 Å². The van der Waals surface area contributed by atoms with Gasteiger partial charge in [0.05, 0.1) is 20.3 Å². The summed E-state index contributed by atoms with van der Waals surface area (Å²) in [6.45, 7) is 4.19. The predicted molar refractivity (Wildman–Crippen MR) is 45.1 cm³/mol. The first-order valence-corrected chi connectivity index (χ1v) is 3.44. The highest BCUT2D eigenvalue weighted by atomic mass is 15.0. The normalized spacial score (nSPS) is 9.64. The van der Waals surface area contributed by atoms with Gasteiger partial charge in [0.25, 0.3) is 0 Å². The third kappa shape index (κ3) is 1.85. The zero-order chi connectivity index (χ0) is 8.27. The second-order valence-corrected chi connectivity index (χ2v) is 2.39. The maximum Gasteiger partial charge on any atom is 0.322 e. The molecule has 3 heteroatoms. The molecule has 3 nitrogen and oxygen atoms in total. The maximum atomic E-state index is 5.42. The first-order chi connectivity index (χ1) is 5.24. The largest absolute Gasteiger partial charge is 0.323 e. The van der Waals surface area contributed by atoms with Gasteiger partial charge in [0.1, 0.15) is 0 Å². The molecule has 0 fully saturated rings. The zero-order valence-electron chi connectivity index (χ0n) is 6.62. The fourth-order valence-corrected chi connectivity index (χ4v) is 0.793. The molecule has 0 aliphatic carbocycles. The van der Waals surface area contributed by atoms with E-state index in [1.807, 2.05) is 25.2 Å². The smallest absolute Gasteiger partial charge is 0.322 e. The molecule has 0 saturated carbocycles. The van der Waals surface area contributed by atoms with Crippen molar-refractivity contribution >= 4 is 12.5 Å². The van der Waals surface area contributed by atoms with Gasteiger partial charge < -0.3 is 5.73 Å². The minimum Gasteiger partial charge on any atom is -0.323 e. The van der Waals surface area contributed by atoms with Crippen LogP contribution < -0.4 is 5.73 Å². The summed E-state index contributed by atoms with van der Waals surface area (Å²) in [4.78, 5) is 4.23. The number of hydrogen-bond donors (Lipinski definition) is 1. The van der Waals surface area contributed by atoms with Crippen LogP contribution in [0.15, 0.2) is 18.2 Å². The summed E-state index contributed by atoms with van der Waals surface area (Å²) in [5, 5.41) is 0. The van der Waals surface area contributed by atoms with E-state index >= 15 is 0 Å². The van der Waals surface area contributed by atoms with Crippen molar-refractivity contribution in [2.24, 2.45) is 5.73 Å². The Hall–Kier alpha value is -1.22. The van der Waals surface area contributed by atoms with Gasteiger partial charge in [0.2, 0.25) is 0 Å². The maximum absolute atomic E-state index is 5.42. The third-order valence-corrected chi connectivity index (χ3v) is 1.39. The Morgan fingerprint density at radius 2 is 2.36 bits per heavy atom. The Morgan fingerprint density at radius 1 is 1.64 bits per heavy atom. The molecule has 0 atom stereocenters. The van der Waals surface area contributed by atoms with E-state index in [0.29, 0.717) is 6.54 Å². The average molecular weight is 150 g/mol. The SMILES string of the molecule is C=[N+](C)c1cccc(CN)n1. The van der Waals surface area contributed by atoms with E-state index in [1.54, 1.807) is 4.58 Å². The molecule has 0 radical (unpaired) electrons. The average Bonchev–Trinajstić information content (AvgIpc) is 2.05. The molecule has 0 bridgehead atoms. The van der Waals surface area contributed by atoms with Gasteiger partial charge in [-0.1, -0.05) is 0 Å². The van der Waals surface area contributed by atoms with E-state index in [2.05, 4.69) is 11.7 Å². The molecule has 1 rings (SSSR count). The van der Waals surface area contributed by atoms with Gasteiger partial charge in [0.15, 0.2) is 5.69 Å². The summed E-state index contributed by atoms with van der Waals surface area (Å²) in [7, 11) is 1.85. The highest BCUT2D eigenvalue weighted by Crippen LogP contribution is 2.05. The van der Waals surface area contributed by atoms with E-state index in [1.165, 1.54) is 0 Å². The van der Waals surface area contributed by atoms with E-state index in [-0.39, 0.29) is 0 Å². The van der Waals surface area contributed by atoms with Crippen molar-refractivity contribution < 1.29 is 4.58 Å². The topological polar surface area (TPSA) is 41.9 Å². The standard InChI is InChI=1S/C8H12N3/c1-11(2)8-5-3-4-7(6-9)10-8/h3-5H,1,6,9H2,2H3/q+1. The molecule has 1 aromatic rings. The van der Waals surface area contributed by atoms with Crippen LogP contribution in [0.1, 0.15) is 5.69 Å². The van der Waals surface area contributed by atoms with Gasteiger partial charge in [-0.25, -0.2) is 4.58 Å². The van der Waals surface area contributed by atoms with Crippen LogP contribution in [-0.4, -0.2) is 23.3 Å².